The second kappa shape index (κ2) is 7.92. The summed E-state index contributed by atoms with van der Waals surface area (Å²) >= 11 is 0. The minimum atomic E-state index is -0.370. The Bertz CT molecular complexity index is 568. The van der Waals surface area contributed by atoms with E-state index in [0.29, 0.717) is 31.8 Å². The summed E-state index contributed by atoms with van der Waals surface area (Å²) in [6, 6.07) is 5.21. The highest BCUT2D eigenvalue weighted by Gasteiger charge is 2.24. The third-order valence-corrected chi connectivity index (χ3v) is 4.08. The topological polar surface area (TPSA) is 84.7 Å². The highest BCUT2D eigenvalue weighted by Crippen LogP contribution is 2.27. The lowest BCUT2D eigenvalue weighted by Gasteiger charge is -2.33. The molecule has 0 aliphatic carbocycles. The van der Waals surface area contributed by atoms with Gasteiger partial charge in [-0.05, 0) is 31.4 Å². The zero-order chi connectivity index (χ0) is 16.8. The molecule has 0 bridgehead atoms. The maximum absolute atomic E-state index is 11.9. The van der Waals surface area contributed by atoms with Crippen molar-refractivity contribution in [1.29, 1.82) is 0 Å². The Labute approximate surface area is 135 Å². The number of anilines is 1. The molecule has 1 saturated heterocycles. The molecule has 126 valence electrons. The van der Waals surface area contributed by atoms with E-state index in [9.17, 15) is 14.9 Å². The number of amides is 1. The minimum Gasteiger partial charge on any atom is -0.384 e. The third-order valence-electron chi connectivity index (χ3n) is 4.08. The van der Waals surface area contributed by atoms with Crippen molar-refractivity contribution >= 4 is 17.3 Å². The summed E-state index contributed by atoms with van der Waals surface area (Å²) in [5.41, 5.74) is 1.62. The molecule has 1 aromatic carbocycles. The molecule has 2 rings (SSSR count). The maximum atomic E-state index is 11.9. The van der Waals surface area contributed by atoms with Crippen LogP contribution in [0, 0.1) is 17.0 Å². The zero-order valence-corrected chi connectivity index (χ0v) is 13.6. The van der Waals surface area contributed by atoms with Crippen molar-refractivity contribution in [2.75, 3.05) is 32.1 Å². The molecule has 1 aliphatic rings. The molecule has 1 fully saturated rings. The van der Waals surface area contributed by atoms with Gasteiger partial charge in [-0.1, -0.05) is 6.07 Å². The lowest BCUT2D eigenvalue weighted by Crippen LogP contribution is -2.42. The number of hydrogen-bond donors (Lipinski definition) is 1. The second-order valence-corrected chi connectivity index (χ2v) is 5.82. The first-order valence-electron chi connectivity index (χ1n) is 7.79. The van der Waals surface area contributed by atoms with Crippen LogP contribution in [0.1, 0.15) is 24.8 Å². The maximum Gasteiger partial charge on any atom is 0.292 e. The van der Waals surface area contributed by atoms with Crippen molar-refractivity contribution in [3.05, 3.63) is 33.9 Å². The third kappa shape index (κ3) is 4.66. The monoisotopic (exact) mass is 321 g/mol. The lowest BCUT2D eigenvalue weighted by molar-refractivity contribution is -0.384. The number of benzene rings is 1. The van der Waals surface area contributed by atoms with Gasteiger partial charge in [-0.15, -0.1) is 0 Å². The molecule has 1 N–H and O–H groups in total. The number of carbonyl (C=O) groups excluding carboxylic acids is 1. The van der Waals surface area contributed by atoms with Crippen molar-refractivity contribution < 1.29 is 14.5 Å². The van der Waals surface area contributed by atoms with Crippen LogP contribution in [-0.2, 0) is 9.53 Å². The van der Waals surface area contributed by atoms with Crippen LogP contribution in [0.5, 0.6) is 0 Å². The van der Waals surface area contributed by atoms with Crippen molar-refractivity contribution in [3.8, 4) is 0 Å². The molecule has 1 aliphatic heterocycles. The van der Waals surface area contributed by atoms with Crippen LogP contribution in [0.15, 0.2) is 18.2 Å². The Morgan fingerprint density at radius 2 is 2.13 bits per heavy atom. The standard InChI is InChI=1S/C16H23N3O4/c1-12-3-4-15(19(21)22)14(11-12)17-13-5-8-18(9-6-13)16(20)7-10-23-2/h3-4,11,13,17H,5-10H2,1-2H3. The van der Waals surface area contributed by atoms with E-state index in [-0.39, 0.29) is 22.6 Å². The smallest absolute Gasteiger partial charge is 0.292 e. The highest BCUT2D eigenvalue weighted by atomic mass is 16.6. The molecule has 1 heterocycles. The van der Waals surface area contributed by atoms with E-state index < -0.39 is 0 Å². The van der Waals surface area contributed by atoms with Gasteiger partial charge in [-0.2, -0.15) is 0 Å². The van der Waals surface area contributed by atoms with E-state index >= 15 is 0 Å². The summed E-state index contributed by atoms with van der Waals surface area (Å²) in [7, 11) is 1.58. The number of rotatable bonds is 6. The van der Waals surface area contributed by atoms with Crippen LogP contribution in [-0.4, -0.2) is 48.6 Å². The van der Waals surface area contributed by atoms with E-state index in [1.807, 2.05) is 11.8 Å². The first kappa shape index (κ1) is 17.2. The number of nitrogens with zero attached hydrogens (tertiary/aromatic N) is 2. The normalized spacial score (nSPS) is 15.5. The molecular weight excluding hydrogens is 298 g/mol. The van der Waals surface area contributed by atoms with Crippen molar-refractivity contribution in [2.45, 2.75) is 32.2 Å². The van der Waals surface area contributed by atoms with Crippen LogP contribution in [0.3, 0.4) is 0 Å². The molecule has 1 aromatic rings. The van der Waals surface area contributed by atoms with E-state index in [1.54, 1.807) is 19.2 Å². The highest BCUT2D eigenvalue weighted by molar-refractivity contribution is 5.76. The summed E-state index contributed by atoms with van der Waals surface area (Å²) in [5, 5.41) is 14.4. The fourth-order valence-corrected chi connectivity index (χ4v) is 2.77. The molecule has 0 aromatic heterocycles. The summed E-state index contributed by atoms with van der Waals surface area (Å²) < 4.78 is 4.93. The quantitative estimate of drug-likeness (QED) is 0.642. The summed E-state index contributed by atoms with van der Waals surface area (Å²) in [5.74, 6) is 0.104. The van der Waals surface area contributed by atoms with Gasteiger partial charge in [0.1, 0.15) is 5.69 Å². The largest absolute Gasteiger partial charge is 0.384 e. The summed E-state index contributed by atoms with van der Waals surface area (Å²) in [6.07, 6.45) is 1.96. The molecule has 0 unspecified atom stereocenters. The summed E-state index contributed by atoms with van der Waals surface area (Å²) in [4.78, 5) is 24.5. The molecule has 1 amide bonds. The van der Waals surface area contributed by atoms with Gasteiger partial charge < -0.3 is 15.0 Å². The Kier molecular flexibility index (Phi) is 5.92. The number of methoxy groups -OCH3 is 1. The molecule has 0 atom stereocenters. The van der Waals surface area contributed by atoms with Crippen LogP contribution in [0.2, 0.25) is 0 Å². The van der Waals surface area contributed by atoms with Gasteiger partial charge in [-0.3, -0.25) is 14.9 Å². The predicted octanol–water partition coefficient (Wildman–Crippen LogP) is 2.34. The average molecular weight is 321 g/mol. The number of likely N-dealkylation sites (tertiary alicyclic amines) is 1. The molecule has 0 saturated carbocycles. The Morgan fingerprint density at radius 1 is 1.43 bits per heavy atom. The van der Waals surface area contributed by atoms with Crippen LogP contribution < -0.4 is 5.32 Å². The first-order chi connectivity index (χ1) is 11.0. The minimum absolute atomic E-state index is 0.0919. The average Bonchev–Trinajstić information content (AvgIpc) is 2.53. The summed E-state index contributed by atoms with van der Waals surface area (Å²) in [6.45, 7) is 3.68. The fourth-order valence-electron chi connectivity index (χ4n) is 2.77. The van der Waals surface area contributed by atoms with Gasteiger partial charge in [0, 0.05) is 32.3 Å². The van der Waals surface area contributed by atoms with Gasteiger partial charge in [0.25, 0.3) is 5.69 Å². The van der Waals surface area contributed by atoms with Crippen LogP contribution in [0.4, 0.5) is 11.4 Å². The molecule has 0 radical (unpaired) electrons. The number of carbonyl (C=O) groups is 1. The Balaban J connectivity index is 1.93. The van der Waals surface area contributed by atoms with Gasteiger partial charge in [0.05, 0.1) is 18.0 Å². The van der Waals surface area contributed by atoms with Crippen molar-refractivity contribution in [3.63, 3.8) is 0 Å². The number of nitro groups is 1. The number of nitrogens with one attached hydrogen (secondary N) is 1. The van der Waals surface area contributed by atoms with Gasteiger partial charge in [-0.25, -0.2) is 0 Å². The van der Waals surface area contributed by atoms with Crippen molar-refractivity contribution in [2.24, 2.45) is 0 Å². The Morgan fingerprint density at radius 3 is 2.74 bits per heavy atom. The van der Waals surface area contributed by atoms with E-state index in [2.05, 4.69) is 5.32 Å². The number of piperidine rings is 1. The van der Waals surface area contributed by atoms with Crippen molar-refractivity contribution in [1.82, 2.24) is 4.90 Å². The van der Waals surface area contributed by atoms with Crippen LogP contribution >= 0.6 is 0 Å². The van der Waals surface area contributed by atoms with Gasteiger partial charge >= 0.3 is 0 Å². The molecule has 7 nitrogen and oxygen atoms in total. The zero-order valence-electron chi connectivity index (χ0n) is 13.6. The fraction of sp³-hybridized carbons (Fsp3) is 0.562. The number of ether oxygens (including phenoxy) is 1. The lowest BCUT2D eigenvalue weighted by atomic mass is 10.0. The van der Waals surface area contributed by atoms with Gasteiger partial charge in [0.15, 0.2) is 0 Å². The number of aryl methyl sites for hydroxylation is 1. The van der Waals surface area contributed by atoms with E-state index in [1.165, 1.54) is 6.07 Å². The van der Waals surface area contributed by atoms with Gasteiger partial charge in [0.2, 0.25) is 5.91 Å². The Hall–Kier alpha value is -2.15. The number of nitro benzene ring substituents is 1. The number of hydrogen-bond acceptors (Lipinski definition) is 5. The first-order valence-corrected chi connectivity index (χ1v) is 7.79. The second-order valence-electron chi connectivity index (χ2n) is 5.82. The predicted molar refractivity (Wildman–Crippen MR) is 87.6 cm³/mol. The van der Waals surface area contributed by atoms with E-state index in [4.69, 9.17) is 4.74 Å². The SMILES string of the molecule is COCCC(=O)N1CCC(Nc2cc(C)ccc2[N+](=O)[O-])CC1. The molecule has 0 spiro atoms. The molecular formula is C16H23N3O4. The van der Waals surface area contributed by atoms with Crippen LogP contribution in [0.25, 0.3) is 0 Å². The van der Waals surface area contributed by atoms with E-state index in [0.717, 1.165) is 18.4 Å². The molecule has 23 heavy (non-hydrogen) atoms. The molecule has 7 heteroatoms.